The molecule has 0 radical (unpaired) electrons. The predicted octanol–water partition coefficient (Wildman–Crippen LogP) is 2.83. The zero-order valence-corrected chi connectivity index (χ0v) is 19.0. The van der Waals surface area contributed by atoms with Gasteiger partial charge in [-0.25, -0.2) is 8.42 Å². The highest BCUT2D eigenvalue weighted by atomic mass is 32.2. The molecule has 0 aromatic heterocycles. The van der Waals surface area contributed by atoms with E-state index in [-0.39, 0.29) is 11.9 Å². The number of carbonyl (C=O) groups excluding carboxylic acids is 1. The second-order valence-electron chi connectivity index (χ2n) is 8.04. The quantitative estimate of drug-likeness (QED) is 0.709. The van der Waals surface area contributed by atoms with Crippen LogP contribution in [0.2, 0.25) is 0 Å². The molecule has 6 nitrogen and oxygen atoms in total. The Balaban J connectivity index is 1.59. The molecule has 3 rings (SSSR count). The Bertz CT molecular complexity index is 984. The van der Waals surface area contributed by atoms with Crippen LogP contribution in [-0.4, -0.2) is 68.2 Å². The number of rotatable bonds is 6. The van der Waals surface area contributed by atoms with E-state index in [2.05, 4.69) is 0 Å². The number of amides is 1. The lowest BCUT2D eigenvalue weighted by Gasteiger charge is -2.35. The number of aryl methyl sites for hydroxylation is 2. The van der Waals surface area contributed by atoms with Crippen molar-refractivity contribution in [2.45, 2.75) is 31.7 Å². The largest absolute Gasteiger partial charge is 0.338 e. The van der Waals surface area contributed by atoms with Crippen LogP contribution in [0.15, 0.2) is 53.4 Å². The lowest BCUT2D eigenvalue weighted by atomic mass is 10.1. The molecule has 0 N–H and O–H groups in total. The van der Waals surface area contributed by atoms with Crippen molar-refractivity contribution in [2.75, 3.05) is 39.8 Å². The minimum Gasteiger partial charge on any atom is -0.338 e. The van der Waals surface area contributed by atoms with Gasteiger partial charge < -0.3 is 4.90 Å². The van der Waals surface area contributed by atoms with Crippen molar-refractivity contribution in [3.8, 4) is 0 Å². The number of hydrogen-bond acceptors (Lipinski definition) is 4. The van der Waals surface area contributed by atoms with Gasteiger partial charge in [0.2, 0.25) is 15.9 Å². The minimum atomic E-state index is -3.52. The molecule has 1 aliphatic heterocycles. The normalized spacial score (nSPS) is 16.9. The van der Waals surface area contributed by atoms with Crippen LogP contribution in [0.25, 0.3) is 0 Å². The molecule has 1 heterocycles. The van der Waals surface area contributed by atoms with Crippen molar-refractivity contribution in [3.63, 3.8) is 0 Å². The third kappa shape index (κ3) is 4.91. The molecule has 1 amide bonds. The highest BCUT2D eigenvalue weighted by Gasteiger charge is 2.30. The maximum Gasteiger partial charge on any atom is 0.243 e. The van der Waals surface area contributed by atoms with Crippen LogP contribution in [0.1, 0.15) is 29.7 Å². The lowest BCUT2D eigenvalue weighted by molar-refractivity contribution is -0.133. The van der Waals surface area contributed by atoms with Crippen LogP contribution in [0, 0.1) is 13.8 Å². The number of nitrogens with zero attached hydrogens (tertiary/aromatic N) is 3. The summed E-state index contributed by atoms with van der Waals surface area (Å²) in [6.45, 7) is 7.90. The summed E-state index contributed by atoms with van der Waals surface area (Å²) in [5.74, 6) is 0.0391. The van der Waals surface area contributed by atoms with E-state index >= 15 is 0 Å². The topological polar surface area (TPSA) is 60.9 Å². The maximum atomic E-state index is 13.1. The zero-order chi connectivity index (χ0) is 21.9. The van der Waals surface area contributed by atoms with Crippen molar-refractivity contribution in [2.24, 2.45) is 0 Å². The zero-order valence-electron chi connectivity index (χ0n) is 18.2. The number of sulfonamides is 1. The molecule has 0 saturated carbocycles. The molecule has 1 saturated heterocycles. The van der Waals surface area contributed by atoms with E-state index in [1.165, 1.54) is 4.31 Å². The average Bonchev–Trinajstić information content (AvgIpc) is 2.75. The molecular formula is C23H31N3O3S. The van der Waals surface area contributed by atoms with E-state index < -0.39 is 10.0 Å². The molecular weight excluding hydrogens is 398 g/mol. The van der Waals surface area contributed by atoms with Gasteiger partial charge in [0.05, 0.1) is 17.5 Å². The smallest absolute Gasteiger partial charge is 0.243 e. The van der Waals surface area contributed by atoms with Crippen molar-refractivity contribution in [1.82, 2.24) is 14.1 Å². The average molecular weight is 430 g/mol. The van der Waals surface area contributed by atoms with Gasteiger partial charge in [-0.05, 0) is 43.5 Å². The molecule has 30 heavy (non-hydrogen) atoms. The van der Waals surface area contributed by atoms with Crippen LogP contribution in [0.5, 0.6) is 0 Å². The number of likely N-dealkylation sites (N-methyl/N-ethyl adjacent to an activating group) is 1. The molecule has 2 aromatic carbocycles. The first kappa shape index (κ1) is 22.5. The third-order valence-corrected chi connectivity index (χ3v) is 7.95. The van der Waals surface area contributed by atoms with E-state index in [1.54, 1.807) is 11.0 Å². The third-order valence-electron chi connectivity index (χ3n) is 5.91. The molecule has 2 aromatic rings. The molecule has 0 aliphatic carbocycles. The Morgan fingerprint density at radius 2 is 1.67 bits per heavy atom. The van der Waals surface area contributed by atoms with E-state index in [0.29, 0.717) is 37.6 Å². The maximum absolute atomic E-state index is 13.1. The van der Waals surface area contributed by atoms with Gasteiger partial charge in [0, 0.05) is 33.2 Å². The standard InChI is InChI=1S/C23H31N3O3S/c1-18-10-11-19(2)22(16-18)30(28,29)26-14-12-25(13-15-26)17-23(27)24(4)20(3)21-8-6-5-7-9-21/h5-11,16,20H,12-15,17H2,1-4H3/t20-/m0/s1. The molecule has 1 aliphatic rings. The lowest BCUT2D eigenvalue weighted by Crippen LogP contribution is -2.51. The van der Waals surface area contributed by atoms with Gasteiger partial charge in [-0.1, -0.05) is 42.5 Å². The summed E-state index contributed by atoms with van der Waals surface area (Å²) in [7, 11) is -1.70. The molecule has 1 fully saturated rings. The van der Waals surface area contributed by atoms with Crippen LogP contribution >= 0.6 is 0 Å². The fourth-order valence-electron chi connectivity index (χ4n) is 3.73. The van der Waals surface area contributed by atoms with Crippen LogP contribution in [-0.2, 0) is 14.8 Å². The van der Waals surface area contributed by atoms with Crippen molar-refractivity contribution in [3.05, 3.63) is 65.2 Å². The SMILES string of the molecule is Cc1ccc(C)c(S(=O)(=O)N2CCN(CC(=O)N(C)[C@@H](C)c3ccccc3)CC2)c1. The first-order valence-electron chi connectivity index (χ1n) is 10.3. The molecule has 0 bridgehead atoms. The molecule has 1 atom stereocenters. The van der Waals surface area contributed by atoms with E-state index in [1.807, 2.05) is 75.2 Å². The molecule has 0 unspecified atom stereocenters. The Labute approximate surface area is 180 Å². The Morgan fingerprint density at radius 1 is 1.03 bits per heavy atom. The summed E-state index contributed by atoms with van der Waals surface area (Å²) in [5.41, 5.74) is 2.78. The van der Waals surface area contributed by atoms with E-state index in [0.717, 1.165) is 16.7 Å². The second-order valence-corrected chi connectivity index (χ2v) is 9.95. The van der Waals surface area contributed by atoms with Crippen LogP contribution < -0.4 is 0 Å². The van der Waals surface area contributed by atoms with Crippen molar-refractivity contribution < 1.29 is 13.2 Å². The van der Waals surface area contributed by atoms with E-state index in [9.17, 15) is 13.2 Å². The summed E-state index contributed by atoms with van der Waals surface area (Å²) >= 11 is 0. The Hall–Kier alpha value is -2.22. The molecule has 7 heteroatoms. The minimum absolute atomic E-state index is 0.00957. The summed E-state index contributed by atoms with van der Waals surface area (Å²) in [5, 5.41) is 0. The van der Waals surface area contributed by atoms with Crippen LogP contribution in [0.3, 0.4) is 0 Å². The van der Waals surface area contributed by atoms with Gasteiger partial charge in [0.25, 0.3) is 0 Å². The fourth-order valence-corrected chi connectivity index (χ4v) is 5.46. The highest BCUT2D eigenvalue weighted by Crippen LogP contribution is 2.23. The number of benzene rings is 2. The first-order valence-corrected chi connectivity index (χ1v) is 11.7. The molecule has 162 valence electrons. The van der Waals surface area contributed by atoms with Gasteiger partial charge >= 0.3 is 0 Å². The van der Waals surface area contributed by atoms with Gasteiger partial charge in [-0.2, -0.15) is 4.31 Å². The summed E-state index contributed by atoms with van der Waals surface area (Å²) in [4.78, 5) is 16.9. The van der Waals surface area contributed by atoms with Crippen molar-refractivity contribution >= 4 is 15.9 Å². The van der Waals surface area contributed by atoms with Crippen molar-refractivity contribution in [1.29, 1.82) is 0 Å². The summed E-state index contributed by atoms with van der Waals surface area (Å²) < 4.78 is 27.7. The predicted molar refractivity (Wildman–Crippen MR) is 119 cm³/mol. The number of piperazine rings is 1. The van der Waals surface area contributed by atoms with Crippen LogP contribution in [0.4, 0.5) is 0 Å². The Kier molecular flexibility index (Phi) is 6.95. The molecule has 0 spiro atoms. The fraction of sp³-hybridized carbons (Fsp3) is 0.435. The number of hydrogen-bond donors (Lipinski definition) is 0. The highest BCUT2D eigenvalue weighted by molar-refractivity contribution is 7.89. The summed E-state index contributed by atoms with van der Waals surface area (Å²) in [6, 6.07) is 15.4. The van der Waals surface area contributed by atoms with Gasteiger partial charge in [-0.3, -0.25) is 9.69 Å². The van der Waals surface area contributed by atoms with Gasteiger partial charge in [-0.15, -0.1) is 0 Å². The first-order chi connectivity index (χ1) is 14.2. The summed E-state index contributed by atoms with van der Waals surface area (Å²) in [6.07, 6.45) is 0. The van der Waals surface area contributed by atoms with Gasteiger partial charge in [0.15, 0.2) is 0 Å². The van der Waals surface area contributed by atoms with Gasteiger partial charge in [0.1, 0.15) is 0 Å². The second kappa shape index (κ2) is 9.29. The Morgan fingerprint density at radius 3 is 2.30 bits per heavy atom. The number of carbonyl (C=O) groups is 1. The monoisotopic (exact) mass is 429 g/mol. The van der Waals surface area contributed by atoms with E-state index in [4.69, 9.17) is 0 Å².